The van der Waals surface area contributed by atoms with Gasteiger partial charge in [-0.15, -0.1) is 0 Å². The van der Waals surface area contributed by atoms with Crippen molar-refractivity contribution in [3.63, 3.8) is 0 Å². The van der Waals surface area contributed by atoms with Crippen LogP contribution >= 0.6 is 11.6 Å². The van der Waals surface area contributed by atoms with Crippen LogP contribution in [0.15, 0.2) is 66.7 Å². The van der Waals surface area contributed by atoms with E-state index in [1.807, 2.05) is 58.9 Å². The van der Waals surface area contributed by atoms with Crippen molar-refractivity contribution < 1.29 is 8.78 Å². The average Bonchev–Trinajstić information content (AvgIpc) is 3.92. The number of hydrogen-bond donors (Lipinski definition) is 4. The summed E-state index contributed by atoms with van der Waals surface area (Å²) in [5.74, 6) is 4.70. The van der Waals surface area contributed by atoms with Crippen LogP contribution in [0.5, 0.6) is 0 Å². The number of rotatable bonds is 4. The second-order valence-electron chi connectivity index (χ2n) is 14.4. The summed E-state index contributed by atoms with van der Waals surface area (Å²) in [7, 11) is 0. The van der Waals surface area contributed by atoms with Crippen LogP contribution in [0.3, 0.4) is 0 Å². The van der Waals surface area contributed by atoms with Crippen LogP contribution in [0, 0.1) is 25.5 Å². The number of aromatic amines is 4. The smallest absolute Gasteiger partial charge is 0.151 e. The van der Waals surface area contributed by atoms with Gasteiger partial charge in [-0.1, -0.05) is 97.3 Å². The number of aryl methyl sites for hydroxylation is 2. The quantitative estimate of drug-likeness (QED) is 0.144. The SMILES string of the molecule is CC(C)c1nc2c(Cl)cccc2[nH]1.CC(C)c1nc2c(F)cccc2[nH]1.Cc1ccc(F)c2[nH]c(C(C)C)nc12.Cc1cccc2[nH]c(C(C)C)nc12. The molecule has 0 fully saturated rings. The van der Waals surface area contributed by atoms with Crippen molar-refractivity contribution in [2.24, 2.45) is 0 Å². The lowest BCUT2D eigenvalue weighted by atomic mass is 10.2. The molecule has 0 saturated heterocycles. The second-order valence-corrected chi connectivity index (χ2v) is 14.8. The summed E-state index contributed by atoms with van der Waals surface area (Å²) < 4.78 is 26.6. The third-order valence-electron chi connectivity index (χ3n) is 8.70. The highest BCUT2D eigenvalue weighted by Crippen LogP contribution is 2.25. The third-order valence-corrected chi connectivity index (χ3v) is 9.00. The third kappa shape index (κ3) is 9.11. The van der Waals surface area contributed by atoms with E-state index in [2.05, 4.69) is 92.7 Å². The number of para-hydroxylation sites is 3. The maximum atomic E-state index is 13.4. The predicted molar refractivity (Wildman–Crippen MR) is 215 cm³/mol. The number of aromatic nitrogens is 8. The summed E-state index contributed by atoms with van der Waals surface area (Å²) in [5, 5.41) is 0.709. The maximum Gasteiger partial charge on any atom is 0.151 e. The molecule has 0 aliphatic carbocycles. The van der Waals surface area contributed by atoms with Crippen molar-refractivity contribution in [3.05, 3.63) is 118 Å². The van der Waals surface area contributed by atoms with E-state index in [-0.39, 0.29) is 11.6 Å². The molecular formula is C42H49ClF2N8. The molecule has 8 rings (SSSR count). The Morgan fingerprint density at radius 2 is 0.868 bits per heavy atom. The van der Waals surface area contributed by atoms with Gasteiger partial charge in [0.25, 0.3) is 0 Å². The minimum Gasteiger partial charge on any atom is -0.342 e. The Labute approximate surface area is 314 Å². The number of H-pyrrole nitrogens is 4. The molecular weight excluding hydrogens is 690 g/mol. The van der Waals surface area contributed by atoms with Crippen LogP contribution < -0.4 is 0 Å². The van der Waals surface area contributed by atoms with E-state index in [9.17, 15) is 8.78 Å². The Morgan fingerprint density at radius 1 is 0.453 bits per heavy atom. The highest BCUT2D eigenvalue weighted by Gasteiger charge is 2.12. The maximum absolute atomic E-state index is 13.4. The van der Waals surface area contributed by atoms with Gasteiger partial charge in [-0.05, 0) is 61.4 Å². The number of imidazole rings is 4. The summed E-state index contributed by atoms with van der Waals surface area (Å²) in [4.78, 5) is 30.2. The number of nitrogens with one attached hydrogen (secondary N) is 4. The van der Waals surface area contributed by atoms with E-state index in [4.69, 9.17) is 11.6 Å². The first kappa shape index (κ1) is 39.1. The molecule has 0 bridgehead atoms. The highest BCUT2D eigenvalue weighted by atomic mass is 35.5. The molecule has 4 N–H and O–H groups in total. The Bertz CT molecular complexity index is 2210. The first-order chi connectivity index (χ1) is 25.1. The monoisotopic (exact) mass is 738 g/mol. The molecule has 0 spiro atoms. The zero-order valence-corrected chi connectivity index (χ0v) is 32.8. The fourth-order valence-electron chi connectivity index (χ4n) is 5.53. The molecule has 8 aromatic rings. The van der Waals surface area contributed by atoms with E-state index in [1.54, 1.807) is 12.1 Å². The van der Waals surface area contributed by atoms with Crippen molar-refractivity contribution >= 4 is 55.7 Å². The van der Waals surface area contributed by atoms with Crippen molar-refractivity contribution in [3.8, 4) is 0 Å². The van der Waals surface area contributed by atoms with E-state index in [0.29, 0.717) is 39.7 Å². The van der Waals surface area contributed by atoms with Gasteiger partial charge in [0.15, 0.2) is 5.82 Å². The zero-order valence-electron chi connectivity index (χ0n) is 32.1. The largest absolute Gasteiger partial charge is 0.342 e. The normalized spacial score (nSPS) is 11.4. The lowest BCUT2D eigenvalue weighted by Gasteiger charge is -1.95. The van der Waals surface area contributed by atoms with Crippen LogP contribution in [-0.4, -0.2) is 39.9 Å². The van der Waals surface area contributed by atoms with E-state index in [1.165, 1.54) is 17.7 Å². The zero-order chi connectivity index (χ0) is 38.6. The molecule has 11 heteroatoms. The molecule has 0 radical (unpaired) electrons. The molecule has 0 unspecified atom stereocenters. The van der Waals surface area contributed by atoms with Crippen LogP contribution in [0.1, 0.15) is 113 Å². The standard InChI is InChI=1S/C11H13FN2.C11H14N2.C10H11ClN2.C10H11FN2/c1-6(2)11-13-9-7(3)4-5-8(12)10(9)14-11;1-7(2)11-12-9-6-4-5-8(3)10(9)13-11;2*1-6(2)10-12-8-5-3-4-7(11)9(8)13-10/h4-6H,1-3H3,(H,13,14);4-7H,1-3H3,(H,12,13);2*3-6H,1-2H3,(H,12,13). The van der Waals surface area contributed by atoms with Gasteiger partial charge in [0, 0.05) is 23.7 Å². The van der Waals surface area contributed by atoms with E-state index in [0.717, 1.165) is 62.0 Å². The van der Waals surface area contributed by atoms with Gasteiger partial charge in [0.1, 0.15) is 45.7 Å². The second kappa shape index (κ2) is 16.7. The first-order valence-electron chi connectivity index (χ1n) is 18.0. The van der Waals surface area contributed by atoms with Crippen molar-refractivity contribution in [2.45, 2.75) is 92.9 Å². The molecule has 53 heavy (non-hydrogen) atoms. The van der Waals surface area contributed by atoms with Crippen LogP contribution in [0.4, 0.5) is 8.78 Å². The molecule has 0 aliphatic rings. The van der Waals surface area contributed by atoms with E-state index >= 15 is 0 Å². The molecule has 4 heterocycles. The topological polar surface area (TPSA) is 115 Å². The lowest BCUT2D eigenvalue weighted by molar-refractivity contribution is 0.636. The summed E-state index contributed by atoms with van der Waals surface area (Å²) in [5.41, 5.74) is 8.83. The predicted octanol–water partition coefficient (Wildman–Crippen LogP) is 12.3. The average molecular weight is 739 g/mol. The minimum atomic E-state index is -0.263. The molecule has 0 saturated carbocycles. The number of halogens is 3. The Morgan fingerprint density at radius 3 is 1.36 bits per heavy atom. The van der Waals surface area contributed by atoms with Crippen molar-refractivity contribution in [2.75, 3.05) is 0 Å². The van der Waals surface area contributed by atoms with Crippen LogP contribution in [0.2, 0.25) is 5.02 Å². The summed E-state index contributed by atoms with van der Waals surface area (Å²) >= 11 is 5.99. The Kier molecular flexibility index (Phi) is 12.3. The fraction of sp³-hybridized carbons (Fsp3) is 0.333. The van der Waals surface area contributed by atoms with Gasteiger partial charge in [-0.25, -0.2) is 28.7 Å². The molecule has 4 aromatic heterocycles. The van der Waals surface area contributed by atoms with Crippen molar-refractivity contribution in [1.29, 1.82) is 0 Å². The van der Waals surface area contributed by atoms with Gasteiger partial charge in [0.05, 0.1) is 32.6 Å². The summed E-state index contributed by atoms with van der Waals surface area (Å²) in [6.07, 6.45) is 0. The number of benzene rings is 4. The number of hydrogen-bond acceptors (Lipinski definition) is 4. The summed E-state index contributed by atoms with van der Waals surface area (Å²) in [6, 6.07) is 20.1. The molecule has 8 nitrogen and oxygen atoms in total. The fourth-order valence-corrected chi connectivity index (χ4v) is 5.75. The number of fused-ring (bicyclic) bond motifs is 4. The van der Waals surface area contributed by atoms with Gasteiger partial charge < -0.3 is 19.9 Å². The van der Waals surface area contributed by atoms with Gasteiger partial charge >= 0.3 is 0 Å². The van der Waals surface area contributed by atoms with Crippen LogP contribution in [-0.2, 0) is 0 Å². The first-order valence-corrected chi connectivity index (χ1v) is 18.4. The summed E-state index contributed by atoms with van der Waals surface area (Å²) in [6.45, 7) is 20.6. The van der Waals surface area contributed by atoms with Crippen molar-refractivity contribution in [1.82, 2.24) is 39.9 Å². The minimum absolute atomic E-state index is 0.231. The highest BCUT2D eigenvalue weighted by molar-refractivity contribution is 6.34. The van der Waals surface area contributed by atoms with Gasteiger partial charge in [-0.3, -0.25) is 0 Å². The Balaban J connectivity index is 0.000000136. The van der Waals surface area contributed by atoms with E-state index < -0.39 is 0 Å². The van der Waals surface area contributed by atoms with Gasteiger partial charge in [-0.2, -0.15) is 0 Å². The molecule has 4 aromatic carbocycles. The number of nitrogens with zero attached hydrogens (tertiary/aromatic N) is 4. The lowest BCUT2D eigenvalue weighted by Crippen LogP contribution is -1.88. The van der Waals surface area contributed by atoms with Crippen LogP contribution in [0.25, 0.3) is 44.1 Å². The molecule has 278 valence electrons. The Hall–Kier alpha value is -5.09. The van der Waals surface area contributed by atoms with Gasteiger partial charge in [0.2, 0.25) is 0 Å². The molecule has 0 aliphatic heterocycles. The molecule has 0 amide bonds. The molecule has 0 atom stereocenters.